The van der Waals surface area contributed by atoms with Gasteiger partial charge in [-0.2, -0.15) is 0 Å². The van der Waals surface area contributed by atoms with Crippen molar-refractivity contribution in [3.63, 3.8) is 0 Å². The predicted octanol–water partition coefficient (Wildman–Crippen LogP) is 1.65. The lowest BCUT2D eigenvalue weighted by Gasteiger charge is -2.27. The molecule has 1 aliphatic heterocycles. The van der Waals surface area contributed by atoms with Crippen molar-refractivity contribution in [2.24, 2.45) is 0 Å². The van der Waals surface area contributed by atoms with Gasteiger partial charge in [0.15, 0.2) is 6.04 Å². The molecule has 0 fully saturated rings. The third-order valence-electron chi connectivity index (χ3n) is 3.02. The summed E-state index contributed by atoms with van der Waals surface area (Å²) in [4.78, 5) is 33.5. The number of esters is 1. The third-order valence-corrected chi connectivity index (χ3v) is 3.02. The summed E-state index contributed by atoms with van der Waals surface area (Å²) in [6.07, 6.45) is 4.12. The quantitative estimate of drug-likeness (QED) is 0.773. The van der Waals surface area contributed by atoms with Crippen LogP contribution in [-0.4, -0.2) is 52.2 Å². The molecule has 7 heteroatoms. The molecule has 0 N–H and O–H groups in total. The molecule has 1 amide bonds. The Morgan fingerprint density at radius 3 is 2.64 bits per heavy atom. The highest BCUT2D eigenvalue weighted by atomic mass is 16.6. The molecular weight excluding hydrogens is 286 g/mol. The summed E-state index contributed by atoms with van der Waals surface area (Å²) in [6, 6.07) is 0.906. The van der Waals surface area contributed by atoms with Gasteiger partial charge in [0.05, 0.1) is 19.3 Å². The lowest BCUT2D eigenvalue weighted by atomic mass is 10.2. The van der Waals surface area contributed by atoms with E-state index < -0.39 is 23.7 Å². The van der Waals surface area contributed by atoms with Gasteiger partial charge < -0.3 is 9.47 Å². The molecule has 2 heterocycles. The van der Waals surface area contributed by atoms with Gasteiger partial charge in [-0.3, -0.25) is 4.90 Å². The van der Waals surface area contributed by atoms with E-state index in [2.05, 4.69) is 9.97 Å². The van der Waals surface area contributed by atoms with E-state index >= 15 is 0 Å². The van der Waals surface area contributed by atoms with Gasteiger partial charge in [-0.15, -0.1) is 0 Å². The van der Waals surface area contributed by atoms with Crippen molar-refractivity contribution in [1.29, 1.82) is 0 Å². The SMILES string of the molecule is COC(=O)[C@H]1C=C(c2ccncn2)CN1C(=O)OC(C)(C)C. The Morgan fingerprint density at radius 1 is 1.36 bits per heavy atom. The van der Waals surface area contributed by atoms with Crippen molar-refractivity contribution < 1.29 is 19.1 Å². The van der Waals surface area contributed by atoms with Crippen molar-refractivity contribution >= 4 is 17.6 Å². The highest BCUT2D eigenvalue weighted by Crippen LogP contribution is 2.26. The van der Waals surface area contributed by atoms with Crippen molar-refractivity contribution in [1.82, 2.24) is 14.9 Å². The molecule has 22 heavy (non-hydrogen) atoms. The number of aromatic nitrogens is 2. The molecule has 1 atom stereocenters. The van der Waals surface area contributed by atoms with Crippen LogP contribution in [0.3, 0.4) is 0 Å². The first-order valence-corrected chi connectivity index (χ1v) is 6.86. The minimum absolute atomic E-state index is 0.228. The van der Waals surface area contributed by atoms with Gasteiger partial charge in [-0.05, 0) is 38.5 Å². The van der Waals surface area contributed by atoms with E-state index in [1.54, 1.807) is 39.1 Å². The average molecular weight is 305 g/mol. The number of carbonyl (C=O) groups is 2. The first-order chi connectivity index (χ1) is 10.3. The fraction of sp³-hybridized carbons (Fsp3) is 0.467. The number of ether oxygens (including phenoxy) is 2. The van der Waals surface area contributed by atoms with Crippen LogP contribution < -0.4 is 0 Å². The van der Waals surface area contributed by atoms with Gasteiger partial charge in [0, 0.05) is 6.20 Å². The van der Waals surface area contributed by atoms with E-state index in [9.17, 15) is 9.59 Å². The Balaban J connectivity index is 2.25. The molecule has 1 aromatic rings. The zero-order valence-corrected chi connectivity index (χ0v) is 13.1. The van der Waals surface area contributed by atoms with Gasteiger partial charge >= 0.3 is 12.1 Å². The topological polar surface area (TPSA) is 81.6 Å². The molecule has 0 saturated carbocycles. The number of nitrogens with zero attached hydrogens (tertiary/aromatic N) is 3. The summed E-state index contributed by atoms with van der Waals surface area (Å²) < 4.78 is 10.1. The summed E-state index contributed by atoms with van der Waals surface area (Å²) in [6.45, 7) is 5.54. The summed E-state index contributed by atoms with van der Waals surface area (Å²) in [5.74, 6) is -0.519. The number of carbonyl (C=O) groups excluding carboxylic acids is 2. The van der Waals surface area contributed by atoms with Gasteiger partial charge in [-0.25, -0.2) is 19.6 Å². The number of hydrogen-bond acceptors (Lipinski definition) is 6. The molecule has 0 aliphatic carbocycles. The van der Waals surface area contributed by atoms with Crippen LogP contribution in [0.5, 0.6) is 0 Å². The van der Waals surface area contributed by atoms with E-state index in [1.165, 1.54) is 18.3 Å². The van der Waals surface area contributed by atoms with Crippen molar-refractivity contribution in [3.8, 4) is 0 Å². The Hall–Kier alpha value is -2.44. The maximum Gasteiger partial charge on any atom is 0.411 e. The van der Waals surface area contributed by atoms with Crippen LogP contribution in [0.2, 0.25) is 0 Å². The first kappa shape index (κ1) is 15.9. The van der Waals surface area contributed by atoms with Crippen LogP contribution in [0.15, 0.2) is 24.7 Å². The normalized spacial score (nSPS) is 17.9. The van der Waals surface area contributed by atoms with E-state index in [0.29, 0.717) is 5.69 Å². The van der Waals surface area contributed by atoms with Crippen LogP contribution in [0.4, 0.5) is 4.79 Å². The van der Waals surface area contributed by atoms with Crippen LogP contribution >= 0.6 is 0 Å². The van der Waals surface area contributed by atoms with E-state index in [-0.39, 0.29) is 6.54 Å². The second kappa shape index (κ2) is 6.13. The average Bonchev–Trinajstić information content (AvgIpc) is 2.91. The number of amides is 1. The van der Waals surface area contributed by atoms with Gasteiger partial charge in [0.2, 0.25) is 0 Å². The molecule has 0 aromatic carbocycles. The maximum absolute atomic E-state index is 12.3. The van der Waals surface area contributed by atoms with Gasteiger partial charge in [0.1, 0.15) is 11.9 Å². The first-order valence-electron chi connectivity index (χ1n) is 6.86. The van der Waals surface area contributed by atoms with Gasteiger partial charge in [0.25, 0.3) is 0 Å². The molecule has 0 spiro atoms. The molecule has 0 saturated heterocycles. The summed E-state index contributed by atoms with van der Waals surface area (Å²) >= 11 is 0. The fourth-order valence-electron chi connectivity index (χ4n) is 2.08. The Labute approximate surface area is 128 Å². The predicted molar refractivity (Wildman–Crippen MR) is 78.8 cm³/mol. The number of hydrogen-bond donors (Lipinski definition) is 0. The second-order valence-corrected chi connectivity index (χ2v) is 5.86. The van der Waals surface area contributed by atoms with Crippen LogP contribution in [0, 0.1) is 0 Å². The molecule has 7 nitrogen and oxygen atoms in total. The molecule has 1 aromatic heterocycles. The highest BCUT2D eigenvalue weighted by molar-refractivity contribution is 5.89. The standard InChI is InChI=1S/C15H19N3O4/c1-15(2,3)22-14(20)18-8-10(7-12(18)13(19)21-4)11-5-6-16-9-17-11/h5-7,9,12H,8H2,1-4H3/t12-/m1/s1. The van der Waals surface area contributed by atoms with Crippen LogP contribution in [0.1, 0.15) is 26.5 Å². The highest BCUT2D eigenvalue weighted by Gasteiger charge is 2.37. The fourth-order valence-corrected chi connectivity index (χ4v) is 2.08. The van der Waals surface area contributed by atoms with Crippen molar-refractivity contribution in [3.05, 3.63) is 30.4 Å². The van der Waals surface area contributed by atoms with E-state index in [0.717, 1.165) is 5.57 Å². The molecule has 0 radical (unpaired) electrons. The number of methoxy groups -OCH3 is 1. The zero-order chi connectivity index (χ0) is 16.3. The summed E-state index contributed by atoms with van der Waals surface area (Å²) in [5.41, 5.74) is 0.772. The minimum Gasteiger partial charge on any atom is -0.467 e. The van der Waals surface area contributed by atoms with Crippen molar-refractivity contribution in [2.75, 3.05) is 13.7 Å². The summed E-state index contributed by atoms with van der Waals surface area (Å²) in [7, 11) is 1.28. The van der Waals surface area contributed by atoms with Crippen molar-refractivity contribution in [2.45, 2.75) is 32.4 Å². The lowest BCUT2D eigenvalue weighted by molar-refractivity contribution is -0.144. The van der Waals surface area contributed by atoms with Crippen LogP contribution in [0.25, 0.3) is 5.57 Å². The molecule has 118 valence electrons. The zero-order valence-electron chi connectivity index (χ0n) is 13.1. The summed E-state index contributed by atoms with van der Waals surface area (Å²) in [5, 5.41) is 0. The molecule has 2 rings (SSSR count). The molecule has 1 aliphatic rings. The molecule has 0 unspecified atom stereocenters. The molecular formula is C15H19N3O4. The number of rotatable bonds is 2. The van der Waals surface area contributed by atoms with Gasteiger partial charge in [-0.1, -0.05) is 0 Å². The maximum atomic E-state index is 12.3. The smallest absolute Gasteiger partial charge is 0.411 e. The van der Waals surface area contributed by atoms with E-state index in [1.807, 2.05) is 0 Å². The van der Waals surface area contributed by atoms with E-state index in [4.69, 9.17) is 9.47 Å². The van der Waals surface area contributed by atoms with Crippen LogP contribution in [-0.2, 0) is 14.3 Å². The Bertz CT molecular complexity index is 593. The second-order valence-electron chi connectivity index (χ2n) is 5.86. The monoisotopic (exact) mass is 305 g/mol. The minimum atomic E-state index is -0.815. The Kier molecular flexibility index (Phi) is 4.44. The largest absolute Gasteiger partial charge is 0.467 e. The lowest BCUT2D eigenvalue weighted by Crippen LogP contribution is -2.44. The Morgan fingerprint density at radius 2 is 2.09 bits per heavy atom. The third kappa shape index (κ3) is 3.60. The molecule has 0 bridgehead atoms.